The van der Waals surface area contributed by atoms with Crippen molar-refractivity contribution in [1.82, 2.24) is 5.32 Å². The number of benzene rings is 1. The molecule has 0 aliphatic carbocycles. The van der Waals surface area contributed by atoms with Crippen LogP contribution in [0.3, 0.4) is 0 Å². The molecule has 0 saturated heterocycles. The summed E-state index contributed by atoms with van der Waals surface area (Å²) in [6, 6.07) is 4.53. The Morgan fingerprint density at radius 2 is 1.71 bits per heavy atom. The van der Waals surface area contributed by atoms with E-state index in [4.69, 9.17) is 0 Å². The van der Waals surface area contributed by atoms with E-state index in [1.165, 1.54) is 4.90 Å². The molecule has 0 saturated carbocycles. The molecule has 0 radical (unpaired) electrons. The number of carbonyl (C=O) groups excluding carboxylic acids is 1. The number of nitrogens with one attached hydrogen (secondary N) is 1. The van der Waals surface area contributed by atoms with Gasteiger partial charge in [0.1, 0.15) is 6.04 Å². The number of nitrogens with zero attached hydrogens (tertiary/aromatic N) is 1. The molecule has 1 aromatic rings. The predicted octanol–water partition coefficient (Wildman–Crippen LogP) is 2.95. The molecule has 0 aromatic heterocycles. The Morgan fingerprint density at radius 3 is 2.14 bits per heavy atom. The first-order valence-corrected chi connectivity index (χ1v) is 7.06. The molecular formula is C16H24N2O3. The largest absolute Gasteiger partial charge is 0.480 e. The van der Waals surface area contributed by atoms with E-state index >= 15 is 0 Å². The van der Waals surface area contributed by atoms with Gasteiger partial charge < -0.3 is 10.4 Å². The summed E-state index contributed by atoms with van der Waals surface area (Å²) in [5.74, 6) is -0.816. The van der Waals surface area contributed by atoms with Gasteiger partial charge in [-0.1, -0.05) is 19.9 Å². The molecule has 5 heteroatoms. The fraction of sp³-hybridized carbons (Fsp3) is 0.500. The van der Waals surface area contributed by atoms with Crippen molar-refractivity contribution < 1.29 is 14.7 Å². The molecule has 2 N–H and O–H groups in total. The highest BCUT2D eigenvalue weighted by Crippen LogP contribution is 2.18. The van der Waals surface area contributed by atoms with Crippen LogP contribution in [0.15, 0.2) is 18.2 Å². The summed E-state index contributed by atoms with van der Waals surface area (Å²) >= 11 is 0. The Hall–Kier alpha value is -2.04. The number of hydrogen-bond donors (Lipinski definition) is 2. The third-order valence-electron chi connectivity index (χ3n) is 3.20. The van der Waals surface area contributed by atoms with Crippen molar-refractivity contribution >= 4 is 17.7 Å². The van der Waals surface area contributed by atoms with Gasteiger partial charge in [0.25, 0.3) is 0 Å². The first-order chi connectivity index (χ1) is 9.70. The minimum atomic E-state index is -1.01. The van der Waals surface area contributed by atoms with Crippen LogP contribution in [-0.2, 0) is 4.79 Å². The molecule has 0 aliphatic heterocycles. The Morgan fingerprint density at radius 1 is 1.19 bits per heavy atom. The Bertz CT molecular complexity index is 506. The van der Waals surface area contributed by atoms with Crippen molar-refractivity contribution in [3.63, 3.8) is 0 Å². The maximum atomic E-state index is 12.2. The summed E-state index contributed by atoms with van der Waals surface area (Å²) in [4.78, 5) is 24.9. The number of rotatable bonds is 5. The molecule has 0 fully saturated rings. The average molecular weight is 292 g/mol. The smallest absolute Gasteiger partial charge is 0.326 e. The molecule has 1 aromatic carbocycles. The van der Waals surface area contributed by atoms with Gasteiger partial charge in [-0.15, -0.1) is 0 Å². The second-order valence-electron chi connectivity index (χ2n) is 5.87. The lowest BCUT2D eigenvalue weighted by Crippen LogP contribution is -2.47. The van der Waals surface area contributed by atoms with Gasteiger partial charge in [-0.25, -0.2) is 9.59 Å². The van der Waals surface area contributed by atoms with Crippen LogP contribution in [0.2, 0.25) is 0 Å². The number of amides is 2. The van der Waals surface area contributed by atoms with Gasteiger partial charge in [-0.05, 0) is 49.4 Å². The molecule has 21 heavy (non-hydrogen) atoms. The van der Waals surface area contributed by atoms with Crippen LogP contribution in [0.25, 0.3) is 0 Å². The molecular weight excluding hydrogens is 268 g/mol. The number of hydrogen-bond acceptors (Lipinski definition) is 2. The Balaban J connectivity index is 2.83. The first-order valence-electron chi connectivity index (χ1n) is 7.06. The maximum Gasteiger partial charge on any atom is 0.326 e. The number of aliphatic carboxylic acids is 1. The second kappa shape index (κ2) is 7.11. The summed E-state index contributed by atoms with van der Waals surface area (Å²) in [6.45, 7) is 7.77. The van der Waals surface area contributed by atoms with Crippen LogP contribution in [0.5, 0.6) is 0 Å². The molecule has 1 atom stereocenters. The molecule has 0 spiro atoms. The van der Waals surface area contributed by atoms with Crippen molar-refractivity contribution in [1.29, 1.82) is 0 Å². The first kappa shape index (κ1) is 17.0. The van der Waals surface area contributed by atoms with E-state index in [0.29, 0.717) is 6.42 Å². The monoisotopic (exact) mass is 292 g/mol. The zero-order chi connectivity index (χ0) is 16.2. The minimum Gasteiger partial charge on any atom is -0.480 e. The highest BCUT2D eigenvalue weighted by molar-refractivity contribution is 5.94. The van der Waals surface area contributed by atoms with E-state index in [-0.39, 0.29) is 5.92 Å². The van der Waals surface area contributed by atoms with Crippen LogP contribution in [-0.4, -0.2) is 30.2 Å². The molecule has 1 rings (SSSR count). The summed E-state index contributed by atoms with van der Waals surface area (Å²) in [7, 11) is 1.64. The number of anilines is 1. The molecule has 2 amide bonds. The Labute approximate surface area is 126 Å². The number of carboxylic acid groups (broad SMARTS) is 1. The normalized spacial score (nSPS) is 12.1. The highest BCUT2D eigenvalue weighted by Gasteiger charge is 2.23. The lowest BCUT2D eigenvalue weighted by Gasteiger charge is -2.23. The van der Waals surface area contributed by atoms with E-state index in [9.17, 15) is 14.7 Å². The molecule has 5 nitrogen and oxygen atoms in total. The quantitative estimate of drug-likeness (QED) is 0.876. The van der Waals surface area contributed by atoms with Gasteiger partial charge in [-0.2, -0.15) is 0 Å². The van der Waals surface area contributed by atoms with E-state index in [1.807, 2.05) is 45.9 Å². The topological polar surface area (TPSA) is 69.6 Å². The zero-order valence-electron chi connectivity index (χ0n) is 13.3. The molecule has 0 unspecified atom stereocenters. The number of urea groups is 1. The summed E-state index contributed by atoms with van der Waals surface area (Å²) in [6.07, 6.45) is 0.405. The van der Waals surface area contributed by atoms with Crippen molar-refractivity contribution in [2.45, 2.75) is 40.2 Å². The fourth-order valence-corrected chi connectivity index (χ4v) is 2.20. The third kappa shape index (κ3) is 5.10. The third-order valence-corrected chi connectivity index (χ3v) is 3.20. The van der Waals surface area contributed by atoms with Crippen LogP contribution in [0.1, 0.15) is 31.4 Å². The van der Waals surface area contributed by atoms with Crippen LogP contribution in [0, 0.1) is 19.8 Å². The molecule has 0 bridgehead atoms. The average Bonchev–Trinajstić information content (AvgIpc) is 2.35. The van der Waals surface area contributed by atoms with Crippen molar-refractivity contribution in [2.24, 2.45) is 5.92 Å². The minimum absolute atomic E-state index is 0.193. The number of carboxylic acids is 1. The van der Waals surface area contributed by atoms with E-state index < -0.39 is 18.0 Å². The summed E-state index contributed by atoms with van der Waals surface area (Å²) in [5, 5.41) is 11.8. The predicted molar refractivity (Wildman–Crippen MR) is 83.7 cm³/mol. The van der Waals surface area contributed by atoms with E-state index in [2.05, 4.69) is 5.32 Å². The van der Waals surface area contributed by atoms with Crippen molar-refractivity contribution in [3.05, 3.63) is 29.3 Å². The van der Waals surface area contributed by atoms with Crippen LogP contribution >= 0.6 is 0 Å². The van der Waals surface area contributed by atoms with Crippen molar-refractivity contribution in [3.8, 4) is 0 Å². The van der Waals surface area contributed by atoms with Gasteiger partial charge in [-0.3, -0.25) is 4.90 Å². The lowest BCUT2D eigenvalue weighted by atomic mass is 10.0. The zero-order valence-corrected chi connectivity index (χ0v) is 13.3. The van der Waals surface area contributed by atoms with E-state index in [1.54, 1.807) is 7.05 Å². The second-order valence-corrected chi connectivity index (χ2v) is 5.87. The van der Waals surface area contributed by atoms with Gasteiger partial charge in [0.05, 0.1) is 0 Å². The summed E-state index contributed by atoms with van der Waals surface area (Å²) < 4.78 is 0. The SMILES string of the molecule is Cc1cc(C)cc(N(C)C(=O)N[C@@H](CC(C)C)C(=O)O)c1. The Kier molecular flexibility index (Phi) is 5.76. The van der Waals surface area contributed by atoms with E-state index in [0.717, 1.165) is 16.8 Å². The number of carbonyl (C=O) groups is 2. The molecule has 116 valence electrons. The van der Waals surface area contributed by atoms with Crippen LogP contribution in [0.4, 0.5) is 10.5 Å². The van der Waals surface area contributed by atoms with Crippen molar-refractivity contribution in [2.75, 3.05) is 11.9 Å². The van der Waals surface area contributed by atoms with Gasteiger partial charge >= 0.3 is 12.0 Å². The fourth-order valence-electron chi connectivity index (χ4n) is 2.20. The lowest BCUT2D eigenvalue weighted by molar-refractivity contribution is -0.139. The molecule has 0 aliphatic rings. The number of aryl methyl sites for hydroxylation is 2. The standard InChI is InChI=1S/C16H24N2O3/c1-10(2)6-14(15(19)20)17-16(21)18(5)13-8-11(3)7-12(4)9-13/h7-10,14H,6H2,1-5H3,(H,17,21)(H,19,20)/t14-/m0/s1. The molecule has 0 heterocycles. The summed E-state index contributed by atoms with van der Waals surface area (Å²) in [5.41, 5.74) is 2.86. The highest BCUT2D eigenvalue weighted by atomic mass is 16.4. The van der Waals surface area contributed by atoms with Gasteiger partial charge in [0.2, 0.25) is 0 Å². The van der Waals surface area contributed by atoms with Gasteiger partial charge in [0.15, 0.2) is 0 Å². The van der Waals surface area contributed by atoms with Crippen LogP contribution < -0.4 is 10.2 Å². The maximum absolute atomic E-state index is 12.2. The van der Waals surface area contributed by atoms with Gasteiger partial charge in [0, 0.05) is 12.7 Å².